The predicted octanol–water partition coefficient (Wildman–Crippen LogP) is 5.37. The molecule has 0 unspecified atom stereocenters. The number of nitrogens with two attached hydrogens (primary N) is 1. The van der Waals surface area contributed by atoms with Gasteiger partial charge in [0.1, 0.15) is 5.75 Å². The molecule has 14 heteroatoms. The highest BCUT2D eigenvalue weighted by atomic mass is 35.5. The quantitative estimate of drug-likeness (QED) is 0.283. The molecule has 0 amide bonds. The molecule has 1 aromatic heterocycles. The van der Waals surface area contributed by atoms with Crippen molar-refractivity contribution in [3.63, 3.8) is 0 Å². The van der Waals surface area contributed by atoms with Crippen LogP contribution >= 0.6 is 37.2 Å². The van der Waals surface area contributed by atoms with E-state index in [0.717, 1.165) is 36.3 Å². The van der Waals surface area contributed by atoms with Gasteiger partial charge in [-0.2, -0.15) is 17.9 Å². The van der Waals surface area contributed by atoms with Crippen LogP contribution in [0, 0.1) is 0 Å². The number of rotatable bonds is 7. The minimum Gasteiger partial charge on any atom is -0.496 e. The van der Waals surface area contributed by atoms with Gasteiger partial charge in [-0.3, -0.25) is 9.80 Å². The van der Waals surface area contributed by atoms with E-state index >= 15 is 0 Å². The second kappa shape index (κ2) is 14.9. The zero-order valence-corrected chi connectivity index (χ0v) is 26.3. The topological polar surface area (TPSA) is 85.3 Å². The van der Waals surface area contributed by atoms with Crippen molar-refractivity contribution < 1.29 is 17.9 Å². The highest BCUT2D eigenvalue weighted by Gasteiger charge is 2.44. The van der Waals surface area contributed by atoms with Crippen molar-refractivity contribution >= 4 is 37.2 Å². The molecule has 2 fully saturated rings. The summed E-state index contributed by atoms with van der Waals surface area (Å²) in [5.41, 5.74) is 9.97. The van der Waals surface area contributed by atoms with Crippen LogP contribution in [0.3, 0.4) is 0 Å². The Balaban J connectivity index is 0.00000176. The molecule has 2 aliphatic rings. The minimum atomic E-state index is -4.68. The average molecular weight is 673 g/mol. The average Bonchev–Trinajstić information content (AvgIpc) is 3.61. The van der Waals surface area contributed by atoms with Gasteiger partial charge >= 0.3 is 6.18 Å². The largest absolute Gasteiger partial charge is 0.496 e. The molecule has 238 valence electrons. The molecule has 0 aliphatic carbocycles. The highest BCUT2D eigenvalue weighted by Crippen LogP contribution is 2.38. The molecular weight excluding hydrogens is 638 g/mol. The van der Waals surface area contributed by atoms with Gasteiger partial charge < -0.3 is 10.5 Å². The molecular formula is C30H35Cl3F3N7O. The van der Waals surface area contributed by atoms with Gasteiger partial charge in [-0.15, -0.1) is 42.3 Å². The van der Waals surface area contributed by atoms with E-state index in [1.165, 1.54) is 17.2 Å². The molecule has 2 N–H and O–H groups in total. The molecule has 0 spiro atoms. The Morgan fingerprint density at radius 3 is 2.14 bits per heavy atom. The number of tetrazole rings is 1. The standard InChI is InChI=1S/C30H32F3N7O.3ClH/c1-41-27-13-12-24(40-29(30(31,32)33)35-36-37-40)14-22(27)16-38-18-25-15-23(34)17-39(25)26(19-38)28(20-8-4-2-5-9-20)21-10-6-3-7-11-21;;;/h2-14,23,25-26,28H,15-19,34H2,1H3;3*1H/t23-,25-,26-;;;/m0.../s1. The molecule has 3 aromatic carbocycles. The fraction of sp³-hybridized carbons (Fsp3) is 0.367. The summed E-state index contributed by atoms with van der Waals surface area (Å²) in [6.45, 7) is 2.88. The number of halogens is 6. The van der Waals surface area contributed by atoms with Crippen molar-refractivity contribution in [3.8, 4) is 11.4 Å². The summed E-state index contributed by atoms with van der Waals surface area (Å²) in [5.74, 6) is -0.451. The lowest BCUT2D eigenvalue weighted by molar-refractivity contribution is -0.146. The zero-order chi connectivity index (χ0) is 28.6. The number of alkyl halides is 3. The van der Waals surface area contributed by atoms with Crippen molar-refractivity contribution in [2.24, 2.45) is 5.73 Å². The first kappa shape index (κ1) is 35.5. The second-order valence-corrected chi connectivity index (χ2v) is 10.8. The molecule has 3 atom stereocenters. The third kappa shape index (κ3) is 7.30. The van der Waals surface area contributed by atoms with Gasteiger partial charge in [0.25, 0.3) is 5.82 Å². The van der Waals surface area contributed by atoms with Gasteiger partial charge in [0.05, 0.1) is 12.8 Å². The van der Waals surface area contributed by atoms with Crippen LogP contribution in [0.4, 0.5) is 13.2 Å². The van der Waals surface area contributed by atoms with Crippen LogP contribution in [-0.2, 0) is 12.7 Å². The Labute approximate surface area is 273 Å². The van der Waals surface area contributed by atoms with Crippen molar-refractivity contribution in [1.29, 1.82) is 0 Å². The molecule has 8 nitrogen and oxygen atoms in total. The summed E-state index contributed by atoms with van der Waals surface area (Å²) < 4.78 is 46.9. The van der Waals surface area contributed by atoms with Gasteiger partial charge in [0.2, 0.25) is 0 Å². The van der Waals surface area contributed by atoms with E-state index < -0.39 is 12.0 Å². The Morgan fingerprint density at radius 2 is 1.55 bits per heavy atom. The van der Waals surface area contributed by atoms with Crippen LogP contribution in [-0.4, -0.2) is 74.9 Å². The molecule has 0 radical (unpaired) electrons. The van der Waals surface area contributed by atoms with E-state index in [2.05, 4.69) is 73.9 Å². The number of piperazine rings is 1. The summed E-state index contributed by atoms with van der Waals surface area (Å²) in [6.07, 6.45) is -3.79. The van der Waals surface area contributed by atoms with Gasteiger partial charge in [-0.25, -0.2) is 0 Å². The maximum absolute atomic E-state index is 13.5. The van der Waals surface area contributed by atoms with Gasteiger partial charge in [-0.05, 0) is 46.2 Å². The number of hydrogen-bond donors (Lipinski definition) is 1. The first-order chi connectivity index (χ1) is 19.8. The van der Waals surface area contributed by atoms with Gasteiger partial charge in [0, 0.05) is 55.8 Å². The number of methoxy groups -OCH3 is 1. The van der Waals surface area contributed by atoms with Crippen molar-refractivity contribution in [2.45, 2.75) is 43.2 Å². The molecule has 2 aliphatic heterocycles. The lowest BCUT2D eigenvalue weighted by Crippen LogP contribution is -2.58. The Hall–Kier alpha value is -2.93. The third-order valence-electron chi connectivity index (χ3n) is 8.16. The third-order valence-corrected chi connectivity index (χ3v) is 8.16. The van der Waals surface area contributed by atoms with E-state index in [-0.39, 0.29) is 67.0 Å². The van der Waals surface area contributed by atoms with Crippen LogP contribution in [0.25, 0.3) is 5.69 Å². The normalized spacial score (nSPS) is 20.3. The Bertz CT molecular complexity index is 1440. The molecule has 2 saturated heterocycles. The van der Waals surface area contributed by atoms with E-state index in [9.17, 15) is 13.2 Å². The number of fused-ring (bicyclic) bond motifs is 1. The first-order valence-electron chi connectivity index (χ1n) is 13.7. The summed E-state index contributed by atoms with van der Waals surface area (Å²) >= 11 is 0. The second-order valence-electron chi connectivity index (χ2n) is 10.8. The maximum Gasteiger partial charge on any atom is 0.453 e. The Kier molecular flexibility index (Phi) is 12.0. The van der Waals surface area contributed by atoms with Gasteiger partial charge in [0.15, 0.2) is 0 Å². The van der Waals surface area contributed by atoms with Crippen molar-refractivity contribution in [2.75, 3.05) is 26.7 Å². The fourth-order valence-electron chi connectivity index (χ4n) is 6.49. The minimum absolute atomic E-state index is 0. The van der Waals surface area contributed by atoms with E-state index in [0.29, 0.717) is 12.3 Å². The molecule has 6 rings (SSSR count). The van der Waals surface area contributed by atoms with Crippen LogP contribution in [0.1, 0.15) is 34.9 Å². The maximum atomic E-state index is 13.5. The summed E-state index contributed by atoms with van der Waals surface area (Å²) in [4.78, 5) is 4.94. The Morgan fingerprint density at radius 1 is 0.909 bits per heavy atom. The SMILES string of the molecule is COc1ccc(-n2nnnc2C(F)(F)F)cc1CN1C[C@@H]2C[C@H](N)CN2[C@H](C(c2ccccc2)c2ccccc2)C1.Cl.Cl.Cl. The van der Waals surface area contributed by atoms with Crippen molar-refractivity contribution in [1.82, 2.24) is 30.0 Å². The summed E-state index contributed by atoms with van der Waals surface area (Å²) in [5, 5.41) is 10.1. The number of nitrogens with zero attached hydrogens (tertiary/aromatic N) is 6. The lowest BCUT2D eigenvalue weighted by atomic mass is 9.82. The van der Waals surface area contributed by atoms with Crippen molar-refractivity contribution in [3.05, 3.63) is 101 Å². The van der Waals surface area contributed by atoms with Gasteiger partial charge in [-0.1, -0.05) is 60.7 Å². The number of benzene rings is 3. The highest BCUT2D eigenvalue weighted by molar-refractivity contribution is 5.86. The van der Waals surface area contributed by atoms with E-state index in [4.69, 9.17) is 10.5 Å². The summed E-state index contributed by atoms with van der Waals surface area (Å²) in [7, 11) is 1.56. The smallest absolute Gasteiger partial charge is 0.453 e. The first-order valence-corrected chi connectivity index (χ1v) is 13.7. The van der Waals surface area contributed by atoms with Crippen LogP contribution in [0.5, 0.6) is 5.75 Å². The number of hydrogen-bond acceptors (Lipinski definition) is 7. The molecule has 44 heavy (non-hydrogen) atoms. The van der Waals surface area contributed by atoms with Crippen LogP contribution in [0.2, 0.25) is 0 Å². The number of aromatic nitrogens is 4. The monoisotopic (exact) mass is 671 g/mol. The molecule has 4 aromatic rings. The predicted molar refractivity (Wildman–Crippen MR) is 169 cm³/mol. The molecule has 3 heterocycles. The van der Waals surface area contributed by atoms with E-state index in [1.54, 1.807) is 19.2 Å². The van der Waals surface area contributed by atoms with E-state index in [1.807, 2.05) is 12.1 Å². The molecule has 0 saturated carbocycles. The fourth-order valence-corrected chi connectivity index (χ4v) is 6.49. The lowest BCUT2D eigenvalue weighted by Gasteiger charge is -2.47. The van der Waals surface area contributed by atoms with Crippen LogP contribution < -0.4 is 10.5 Å². The summed E-state index contributed by atoms with van der Waals surface area (Å²) in [6, 6.07) is 26.5. The zero-order valence-electron chi connectivity index (χ0n) is 23.9. The molecule has 0 bridgehead atoms. The number of ether oxygens (including phenoxy) is 1. The van der Waals surface area contributed by atoms with Crippen LogP contribution in [0.15, 0.2) is 78.9 Å².